The van der Waals surface area contributed by atoms with Gasteiger partial charge in [-0.15, -0.1) is 0 Å². The van der Waals surface area contributed by atoms with Crippen LogP contribution in [0, 0.1) is 6.92 Å². The molecule has 0 aliphatic carbocycles. The Morgan fingerprint density at radius 3 is 2.30 bits per heavy atom. The molecule has 10 heavy (non-hydrogen) atoms. The topological polar surface area (TPSA) is 23.8 Å². The van der Waals surface area contributed by atoms with Crippen LogP contribution < -0.4 is 5.73 Å². The van der Waals surface area contributed by atoms with Crippen LogP contribution in [-0.2, 0) is 6.42 Å². The molecule has 53 valence electrons. The van der Waals surface area contributed by atoms with Gasteiger partial charge in [0.2, 0.25) is 0 Å². The molecule has 1 rings (SSSR count). The summed E-state index contributed by atoms with van der Waals surface area (Å²) < 4.78 is 0. The van der Waals surface area contributed by atoms with Crippen molar-refractivity contribution in [1.29, 1.82) is 0 Å². The lowest BCUT2D eigenvalue weighted by atomic mass is 10.1. The van der Waals surface area contributed by atoms with E-state index in [1.807, 2.05) is 0 Å². The molecule has 1 aromatic rings. The van der Waals surface area contributed by atoms with Gasteiger partial charge in [0.25, 0.3) is 0 Å². The summed E-state index contributed by atoms with van der Waals surface area (Å²) in [5.74, 6) is 0. The molecule has 1 aromatic carbocycles. The maximum atomic E-state index is 6.99. The Morgan fingerprint density at radius 1 is 1.20 bits per heavy atom. The predicted molar refractivity (Wildman–Crippen MR) is 42.8 cm³/mol. The molecule has 0 aliphatic rings. The summed E-state index contributed by atoms with van der Waals surface area (Å²) in [7, 11) is 0. The largest absolute Gasteiger partial charge is 0.258 e. The number of rotatable bonds is 2. The average Bonchev–Trinajstić information content (AvgIpc) is 1.95. The molecule has 0 spiro atoms. The minimum absolute atomic E-state index is 0.489. The van der Waals surface area contributed by atoms with E-state index in [1.165, 1.54) is 11.1 Å². The maximum Gasteiger partial charge on any atom is 0.0140 e. The van der Waals surface area contributed by atoms with Gasteiger partial charge in [-0.3, -0.25) is 5.73 Å². The number of aryl methyl sites for hydroxylation is 1. The van der Waals surface area contributed by atoms with Crippen LogP contribution in [0.15, 0.2) is 24.3 Å². The molecule has 0 aliphatic heterocycles. The van der Waals surface area contributed by atoms with E-state index in [4.69, 9.17) is 5.73 Å². The minimum atomic E-state index is 0.489. The third-order valence-corrected chi connectivity index (χ3v) is 1.53. The summed E-state index contributed by atoms with van der Waals surface area (Å²) in [6.45, 7) is 2.56. The zero-order chi connectivity index (χ0) is 7.40. The quantitative estimate of drug-likeness (QED) is 0.589. The summed E-state index contributed by atoms with van der Waals surface area (Å²) in [6, 6.07) is 8.35. The highest BCUT2D eigenvalue weighted by atomic mass is 14.5. The van der Waals surface area contributed by atoms with Gasteiger partial charge in [0.05, 0.1) is 0 Å². The fraction of sp³-hybridized carbons (Fsp3) is 0.333. The van der Waals surface area contributed by atoms with Gasteiger partial charge in [0.1, 0.15) is 0 Å². The van der Waals surface area contributed by atoms with E-state index in [-0.39, 0.29) is 0 Å². The predicted octanol–water partition coefficient (Wildman–Crippen LogP) is 1.82. The van der Waals surface area contributed by atoms with E-state index in [2.05, 4.69) is 31.2 Å². The van der Waals surface area contributed by atoms with Crippen molar-refractivity contribution in [3.8, 4) is 0 Å². The number of nitrogens with one attached hydrogen (secondary N) is 1. The lowest BCUT2D eigenvalue weighted by molar-refractivity contribution is 0.941. The molecule has 0 fully saturated rings. The normalized spacial score (nSPS) is 9.80. The first-order chi connectivity index (χ1) is 4.83. The number of benzene rings is 1. The highest BCUT2D eigenvalue weighted by Crippen LogP contribution is 2.02. The van der Waals surface area contributed by atoms with E-state index in [0.29, 0.717) is 6.54 Å². The Morgan fingerprint density at radius 2 is 1.80 bits per heavy atom. The van der Waals surface area contributed by atoms with E-state index >= 15 is 0 Å². The Kier molecular flexibility index (Phi) is 2.46. The van der Waals surface area contributed by atoms with Gasteiger partial charge in [0, 0.05) is 6.54 Å². The Bertz CT molecular complexity index is 188. The molecule has 0 amide bonds. The molecule has 0 aromatic heterocycles. The van der Waals surface area contributed by atoms with Crippen LogP contribution in [0.1, 0.15) is 11.1 Å². The van der Waals surface area contributed by atoms with Crippen molar-refractivity contribution in [1.82, 2.24) is 5.73 Å². The fourth-order valence-corrected chi connectivity index (χ4v) is 0.899. The molecule has 0 unspecified atom stereocenters. The van der Waals surface area contributed by atoms with Gasteiger partial charge >= 0.3 is 0 Å². The molecular weight excluding hydrogens is 122 g/mol. The summed E-state index contributed by atoms with van der Waals surface area (Å²) in [5.41, 5.74) is 9.54. The van der Waals surface area contributed by atoms with E-state index in [9.17, 15) is 0 Å². The van der Waals surface area contributed by atoms with Crippen LogP contribution in [-0.4, -0.2) is 6.54 Å². The summed E-state index contributed by atoms with van der Waals surface area (Å²) in [4.78, 5) is 0. The van der Waals surface area contributed by atoms with Crippen molar-refractivity contribution in [3.63, 3.8) is 0 Å². The highest BCUT2D eigenvalue weighted by molar-refractivity contribution is 5.21. The maximum absolute atomic E-state index is 6.99. The van der Waals surface area contributed by atoms with Crippen molar-refractivity contribution in [3.05, 3.63) is 35.4 Å². The van der Waals surface area contributed by atoms with Gasteiger partial charge in [-0.25, -0.2) is 0 Å². The average molecular weight is 134 g/mol. The summed E-state index contributed by atoms with van der Waals surface area (Å²) >= 11 is 0. The smallest absolute Gasteiger partial charge is 0.0140 e. The van der Waals surface area contributed by atoms with Crippen LogP contribution >= 0.6 is 0 Å². The van der Waals surface area contributed by atoms with Gasteiger partial charge < -0.3 is 0 Å². The molecule has 0 atom stereocenters. The van der Waals surface area contributed by atoms with Crippen molar-refractivity contribution in [2.45, 2.75) is 13.3 Å². The molecule has 1 nitrogen and oxygen atoms in total. The van der Waals surface area contributed by atoms with E-state index < -0.39 is 0 Å². The molecular formula is C9H12N. The van der Waals surface area contributed by atoms with Crippen molar-refractivity contribution >= 4 is 0 Å². The standard InChI is InChI=1S/C9H12N/c1-8-2-4-9(5-3-8)6-7-10/h2-5,10H,6-7H2,1H3. The van der Waals surface area contributed by atoms with Crippen molar-refractivity contribution < 1.29 is 0 Å². The van der Waals surface area contributed by atoms with Crippen LogP contribution in [0.25, 0.3) is 0 Å². The first kappa shape index (κ1) is 7.29. The third-order valence-electron chi connectivity index (χ3n) is 1.53. The molecule has 1 N–H and O–H groups in total. The monoisotopic (exact) mass is 134 g/mol. The number of hydrogen-bond donors (Lipinski definition) is 0. The Labute approximate surface area is 61.9 Å². The number of hydrogen-bond acceptors (Lipinski definition) is 0. The molecule has 0 heterocycles. The van der Waals surface area contributed by atoms with Crippen molar-refractivity contribution in [2.75, 3.05) is 6.54 Å². The Balaban J connectivity index is 2.69. The van der Waals surface area contributed by atoms with Crippen LogP contribution in [0.2, 0.25) is 0 Å². The van der Waals surface area contributed by atoms with Crippen LogP contribution in [0.5, 0.6) is 0 Å². The molecule has 1 radical (unpaired) electrons. The second kappa shape index (κ2) is 3.37. The highest BCUT2D eigenvalue weighted by Gasteiger charge is 1.88. The SMILES string of the molecule is Cc1ccc(CC[NH])cc1. The lowest BCUT2D eigenvalue weighted by Crippen LogP contribution is -1.91. The van der Waals surface area contributed by atoms with E-state index in [0.717, 1.165) is 6.42 Å². The zero-order valence-corrected chi connectivity index (χ0v) is 6.22. The van der Waals surface area contributed by atoms with Gasteiger partial charge in [-0.05, 0) is 18.9 Å². The summed E-state index contributed by atoms with van der Waals surface area (Å²) in [6.07, 6.45) is 0.875. The second-order valence-corrected chi connectivity index (χ2v) is 2.49. The van der Waals surface area contributed by atoms with Gasteiger partial charge in [0.15, 0.2) is 0 Å². The molecule has 0 bridgehead atoms. The second-order valence-electron chi connectivity index (χ2n) is 2.49. The lowest BCUT2D eigenvalue weighted by Gasteiger charge is -1.96. The molecule has 1 heteroatoms. The minimum Gasteiger partial charge on any atom is -0.258 e. The summed E-state index contributed by atoms with van der Waals surface area (Å²) in [5, 5.41) is 0. The van der Waals surface area contributed by atoms with Gasteiger partial charge in [-0.2, -0.15) is 0 Å². The van der Waals surface area contributed by atoms with Crippen molar-refractivity contribution in [2.24, 2.45) is 0 Å². The first-order valence-electron chi connectivity index (χ1n) is 3.53. The first-order valence-corrected chi connectivity index (χ1v) is 3.53. The third kappa shape index (κ3) is 1.85. The van der Waals surface area contributed by atoms with E-state index in [1.54, 1.807) is 0 Å². The van der Waals surface area contributed by atoms with Crippen LogP contribution in [0.4, 0.5) is 0 Å². The fourth-order valence-electron chi connectivity index (χ4n) is 0.899. The Hall–Kier alpha value is -0.820. The molecule has 0 saturated heterocycles. The zero-order valence-electron chi connectivity index (χ0n) is 6.22. The van der Waals surface area contributed by atoms with Crippen LogP contribution in [0.3, 0.4) is 0 Å². The molecule has 0 saturated carbocycles. The van der Waals surface area contributed by atoms with Gasteiger partial charge in [-0.1, -0.05) is 29.8 Å².